The first-order valence-corrected chi connectivity index (χ1v) is 6.88. The first-order valence-electron chi connectivity index (χ1n) is 6.88. The average molecular weight is 316 g/mol. The molecule has 8 heteroatoms. The third-order valence-corrected chi connectivity index (χ3v) is 3.52. The minimum atomic E-state index is -1.56. The fourth-order valence-electron chi connectivity index (χ4n) is 2.23. The summed E-state index contributed by atoms with van der Waals surface area (Å²) in [6.07, 6.45) is -6.70. The normalized spacial score (nSPS) is 32.0. The van der Waals surface area contributed by atoms with Gasteiger partial charge in [-0.3, -0.25) is 0 Å². The Kier molecular flexibility index (Phi) is 5.57. The largest absolute Gasteiger partial charge is 0.504 e. The van der Waals surface area contributed by atoms with Crippen molar-refractivity contribution >= 4 is 0 Å². The van der Waals surface area contributed by atoms with Crippen LogP contribution >= 0.6 is 0 Å². The molecule has 124 valence electrons. The summed E-state index contributed by atoms with van der Waals surface area (Å²) in [5, 5.41) is 57.1. The number of hydrogen-bond donors (Lipinski definition) is 6. The van der Waals surface area contributed by atoms with Crippen LogP contribution in [0.4, 0.5) is 0 Å². The Morgan fingerprint density at radius 3 is 2.41 bits per heavy atom. The van der Waals surface area contributed by atoms with Crippen LogP contribution in [-0.2, 0) is 11.2 Å². The molecule has 1 aromatic rings. The van der Waals surface area contributed by atoms with Crippen LogP contribution in [0.3, 0.4) is 0 Å². The van der Waals surface area contributed by atoms with Gasteiger partial charge in [0, 0.05) is 6.61 Å². The molecule has 6 N–H and O–H groups in total. The molecule has 22 heavy (non-hydrogen) atoms. The van der Waals surface area contributed by atoms with E-state index < -0.39 is 37.3 Å². The molecule has 1 aromatic carbocycles. The zero-order valence-electron chi connectivity index (χ0n) is 11.7. The topological polar surface area (TPSA) is 140 Å². The van der Waals surface area contributed by atoms with Gasteiger partial charge < -0.3 is 40.1 Å². The highest BCUT2D eigenvalue weighted by Gasteiger charge is 2.44. The maximum atomic E-state index is 9.88. The smallest absolute Gasteiger partial charge is 0.229 e. The standard InChI is InChI=1S/C14H20O8/c15-4-3-7-1-2-8(17)9(5-7)21-14-13(20)12(19)11(18)10(6-16)22-14/h1-2,5,10-20H,3-4,6H2/t10-,11-,12+,13-,14-/m0/s1. The average Bonchev–Trinajstić information content (AvgIpc) is 2.51. The lowest BCUT2D eigenvalue weighted by molar-refractivity contribution is -0.277. The van der Waals surface area contributed by atoms with Gasteiger partial charge in [-0.1, -0.05) is 6.07 Å². The zero-order chi connectivity index (χ0) is 16.3. The SMILES string of the molecule is OCCc1ccc(O)c(O[C@H]2O[C@@H](CO)[C@H](O)[C@@H](O)[C@@H]2O)c1. The number of phenolic OH excluding ortho intramolecular Hbond substituents is 1. The van der Waals surface area contributed by atoms with Crippen LogP contribution in [0.2, 0.25) is 0 Å². The number of rotatable bonds is 5. The molecule has 2 rings (SSSR count). The molecule has 8 nitrogen and oxygen atoms in total. The lowest BCUT2D eigenvalue weighted by Gasteiger charge is -2.39. The maximum absolute atomic E-state index is 9.88. The Morgan fingerprint density at radius 1 is 1.05 bits per heavy atom. The number of benzene rings is 1. The van der Waals surface area contributed by atoms with Gasteiger partial charge in [0.2, 0.25) is 6.29 Å². The van der Waals surface area contributed by atoms with Gasteiger partial charge >= 0.3 is 0 Å². The summed E-state index contributed by atoms with van der Waals surface area (Å²) in [4.78, 5) is 0. The van der Waals surface area contributed by atoms with E-state index in [1.807, 2.05) is 0 Å². The summed E-state index contributed by atoms with van der Waals surface area (Å²) >= 11 is 0. The van der Waals surface area contributed by atoms with E-state index >= 15 is 0 Å². The molecule has 1 saturated heterocycles. The van der Waals surface area contributed by atoms with Crippen LogP contribution in [0, 0.1) is 0 Å². The first-order chi connectivity index (χ1) is 10.5. The van der Waals surface area contributed by atoms with Crippen molar-refractivity contribution in [3.05, 3.63) is 23.8 Å². The van der Waals surface area contributed by atoms with Crippen molar-refractivity contribution in [3.8, 4) is 11.5 Å². The zero-order valence-corrected chi connectivity index (χ0v) is 11.7. The fraction of sp³-hybridized carbons (Fsp3) is 0.571. The number of ether oxygens (including phenoxy) is 2. The highest BCUT2D eigenvalue weighted by atomic mass is 16.7. The predicted octanol–water partition coefficient (Wildman–Crippen LogP) is -1.89. The van der Waals surface area contributed by atoms with Crippen molar-refractivity contribution in [1.29, 1.82) is 0 Å². The van der Waals surface area contributed by atoms with Crippen LogP contribution in [0.5, 0.6) is 11.5 Å². The molecule has 1 heterocycles. The van der Waals surface area contributed by atoms with Crippen molar-refractivity contribution < 1.29 is 40.1 Å². The Labute approximate surface area is 126 Å². The van der Waals surface area contributed by atoms with E-state index in [9.17, 15) is 20.4 Å². The van der Waals surface area contributed by atoms with Gasteiger partial charge in [-0.05, 0) is 24.1 Å². The highest BCUT2D eigenvalue weighted by molar-refractivity contribution is 5.42. The summed E-state index contributed by atoms with van der Waals surface area (Å²) < 4.78 is 10.5. The second kappa shape index (κ2) is 7.23. The lowest BCUT2D eigenvalue weighted by atomic mass is 9.99. The molecule has 1 fully saturated rings. The quantitative estimate of drug-likeness (QED) is 0.370. The first kappa shape index (κ1) is 16.9. The van der Waals surface area contributed by atoms with E-state index in [2.05, 4.69) is 0 Å². The van der Waals surface area contributed by atoms with E-state index in [1.54, 1.807) is 6.07 Å². The van der Waals surface area contributed by atoms with Crippen molar-refractivity contribution in [2.24, 2.45) is 0 Å². The van der Waals surface area contributed by atoms with E-state index in [4.69, 9.17) is 19.7 Å². The Balaban J connectivity index is 2.16. The van der Waals surface area contributed by atoms with Gasteiger partial charge in [0.15, 0.2) is 11.5 Å². The molecule has 0 saturated carbocycles. The second-order valence-electron chi connectivity index (χ2n) is 5.09. The third kappa shape index (κ3) is 3.49. The molecule has 1 aliphatic rings. The van der Waals surface area contributed by atoms with E-state index in [0.29, 0.717) is 12.0 Å². The molecule has 1 aliphatic heterocycles. The van der Waals surface area contributed by atoms with Crippen molar-refractivity contribution in [2.45, 2.75) is 37.1 Å². The van der Waals surface area contributed by atoms with Crippen LogP contribution in [0.1, 0.15) is 5.56 Å². The molecule has 0 spiro atoms. The minimum absolute atomic E-state index is 0.00437. The third-order valence-electron chi connectivity index (χ3n) is 3.52. The van der Waals surface area contributed by atoms with Gasteiger partial charge in [-0.15, -0.1) is 0 Å². The molecule has 0 radical (unpaired) electrons. The summed E-state index contributed by atoms with van der Waals surface area (Å²) in [5.41, 5.74) is 0.694. The number of aliphatic hydroxyl groups excluding tert-OH is 5. The summed E-state index contributed by atoms with van der Waals surface area (Å²) in [5.74, 6) is -0.214. The maximum Gasteiger partial charge on any atom is 0.229 e. The number of aromatic hydroxyl groups is 1. The monoisotopic (exact) mass is 316 g/mol. The fourth-order valence-corrected chi connectivity index (χ4v) is 2.23. The van der Waals surface area contributed by atoms with Gasteiger partial charge in [0.25, 0.3) is 0 Å². The van der Waals surface area contributed by atoms with E-state index in [0.717, 1.165) is 0 Å². The number of hydrogen-bond acceptors (Lipinski definition) is 8. The van der Waals surface area contributed by atoms with Crippen molar-refractivity contribution in [3.63, 3.8) is 0 Å². The van der Waals surface area contributed by atoms with Crippen LogP contribution in [0.25, 0.3) is 0 Å². The van der Waals surface area contributed by atoms with Gasteiger partial charge in [-0.2, -0.15) is 0 Å². The number of aliphatic hydroxyl groups is 5. The van der Waals surface area contributed by atoms with Gasteiger partial charge in [0.05, 0.1) is 6.61 Å². The summed E-state index contributed by atoms with van der Waals surface area (Å²) in [6.45, 7) is -0.647. The molecule has 0 aliphatic carbocycles. The minimum Gasteiger partial charge on any atom is -0.504 e. The van der Waals surface area contributed by atoms with Gasteiger partial charge in [0.1, 0.15) is 24.4 Å². The van der Waals surface area contributed by atoms with E-state index in [1.165, 1.54) is 12.1 Å². The highest BCUT2D eigenvalue weighted by Crippen LogP contribution is 2.31. The second-order valence-corrected chi connectivity index (χ2v) is 5.09. The van der Waals surface area contributed by atoms with Crippen LogP contribution in [0.15, 0.2) is 18.2 Å². The molecule has 0 aromatic heterocycles. The molecule has 0 amide bonds. The summed E-state index contributed by atoms with van der Waals surface area (Å²) in [6, 6.07) is 4.43. The van der Waals surface area contributed by atoms with Gasteiger partial charge in [-0.25, -0.2) is 0 Å². The van der Waals surface area contributed by atoms with Crippen molar-refractivity contribution in [2.75, 3.05) is 13.2 Å². The molecule has 0 bridgehead atoms. The Hall–Kier alpha value is -1.42. The van der Waals surface area contributed by atoms with Crippen molar-refractivity contribution in [1.82, 2.24) is 0 Å². The molecule has 5 atom stereocenters. The predicted molar refractivity (Wildman–Crippen MR) is 73.3 cm³/mol. The number of phenols is 1. The molecular formula is C14H20O8. The van der Waals surface area contributed by atoms with E-state index in [-0.39, 0.29) is 18.1 Å². The Morgan fingerprint density at radius 2 is 1.77 bits per heavy atom. The lowest BCUT2D eigenvalue weighted by Crippen LogP contribution is -2.60. The molecular weight excluding hydrogens is 296 g/mol. The summed E-state index contributed by atoms with van der Waals surface area (Å²) in [7, 11) is 0. The Bertz CT molecular complexity index is 492. The van der Waals surface area contributed by atoms with Crippen LogP contribution < -0.4 is 4.74 Å². The molecule has 0 unspecified atom stereocenters. The van der Waals surface area contributed by atoms with Crippen LogP contribution in [-0.4, -0.2) is 74.6 Å².